The fraction of sp³-hybridized carbons (Fsp3) is 0.308. The molecule has 0 aliphatic carbocycles. The summed E-state index contributed by atoms with van der Waals surface area (Å²) in [5.41, 5.74) is 1.14. The molecular weight excluding hydrogens is 233 g/mol. The number of aromatic nitrogens is 3. The van der Waals surface area contributed by atoms with E-state index in [0.29, 0.717) is 16.8 Å². The molecule has 0 amide bonds. The second-order valence-corrected chi connectivity index (χ2v) is 5.06. The highest BCUT2D eigenvalue weighted by molar-refractivity contribution is 5.85. The van der Waals surface area contributed by atoms with Crippen LogP contribution < -0.4 is 0 Å². The molecule has 2 heterocycles. The molecule has 0 radical (unpaired) electrons. The Kier molecular flexibility index (Phi) is 2.98. The number of hydrogen-bond acceptors (Lipinski definition) is 3. The maximum absolute atomic E-state index is 13.1. The van der Waals surface area contributed by atoms with Gasteiger partial charge in [-0.25, -0.2) is 4.39 Å². The van der Waals surface area contributed by atoms with Crippen LogP contribution in [0.2, 0.25) is 0 Å². The summed E-state index contributed by atoms with van der Waals surface area (Å²) in [7, 11) is 0. The summed E-state index contributed by atoms with van der Waals surface area (Å²) in [4.78, 5) is 14.8. The normalized spacial score (nSPS) is 11.6. The summed E-state index contributed by atoms with van der Waals surface area (Å²) in [5.74, 6) is -0.449. The fourth-order valence-electron chi connectivity index (χ4n) is 1.58. The van der Waals surface area contributed by atoms with E-state index in [4.69, 9.17) is 0 Å². The monoisotopic (exact) mass is 247 g/mol. The van der Waals surface area contributed by atoms with Crippen molar-refractivity contribution in [1.82, 2.24) is 14.8 Å². The molecule has 4 nitrogen and oxygen atoms in total. The van der Waals surface area contributed by atoms with E-state index in [1.807, 2.05) is 20.8 Å². The number of aldehydes is 1. The predicted octanol–water partition coefficient (Wildman–Crippen LogP) is 2.65. The Bertz CT molecular complexity index is 584. The lowest BCUT2D eigenvalue weighted by Gasteiger charge is -2.18. The highest BCUT2D eigenvalue weighted by Gasteiger charge is 2.19. The van der Waals surface area contributed by atoms with Gasteiger partial charge >= 0.3 is 0 Å². The van der Waals surface area contributed by atoms with Crippen LogP contribution in [0.4, 0.5) is 4.39 Å². The Hall–Kier alpha value is -2.04. The van der Waals surface area contributed by atoms with E-state index in [-0.39, 0.29) is 5.54 Å². The van der Waals surface area contributed by atoms with Gasteiger partial charge in [-0.05, 0) is 26.8 Å². The van der Waals surface area contributed by atoms with E-state index < -0.39 is 5.82 Å². The van der Waals surface area contributed by atoms with Gasteiger partial charge in [0.25, 0.3) is 0 Å². The minimum absolute atomic E-state index is 0.239. The maximum Gasteiger partial charge on any atom is 0.153 e. The predicted molar refractivity (Wildman–Crippen MR) is 65.8 cm³/mol. The van der Waals surface area contributed by atoms with Crippen molar-refractivity contribution in [3.63, 3.8) is 0 Å². The first-order valence-electron chi connectivity index (χ1n) is 5.58. The van der Waals surface area contributed by atoms with Crippen molar-refractivity contribution >= 4 is 6.29 Å². The van der Waals surface area contributed by atoms with Gasteiger partial charge in [0.2, 0.25) is 0 Å². The van der Waals surface area contributed by atoms with Crippen molar-refractivity contribution < 1.29 is 9.18 Å². The zero-order valence-electron chi connectivity index (χ0n) is 10.5. The molecule has 0 aromatic carbocycles. The van der Waals surface area contributed by atoms with Crippen LogP contribution in [-0.4, -0.2) is 21.1 Å². The summed E-state index contributed by atoms with van der Waals surface area (Å²) in [6, 6.07) is 1.31. The maximum atomic E-state index is 13.1. The van der Waals surface area contributed by atoms with Gasteiger partial charge < -0.3 is 0 Å². The van der Waals surface area contributed by atoms with E-state index in [9.17, 15) is 9.18 Å². The Morgan fingerprint density at radius 3 is 2.61 bits per heavy atom. The third-order valence-corrected chi connectivity index (χ3v) is 2.54. The van der Waals surface area contributed by atoms with Crippen molar-refractivity contribution in [1.29, 1.82) is 0 Å². The van der Waals surface area contributed by atoms with E-state index in [1.165, 1.54) is 12.3 Å². The van der Waals surface area contributed by atoms with Gasteiger partial charge in [-0.3, -0.25) is 14.5 Å². The molecule has 2 aromatic rings. The van der Waals surface area contributed by atoms with Crippen molar-refractivity contribution in [2.75, 3.05) is 0 Å². The first kappa shape index (κ1) is 12.4. The van der Waals surface area contributed by atoms with Crippen molar-refractivity contribution in [2.45, 2.75) is 26.3 Å². The number of halogens is 1. The molecule has 0 fully saturated rings. The second kappa shape index (κ2) is 4.33. The van der Waals surface area contributed by atoms with E-state index in [2.05, 4.69) is 10.1 Å². The highest BCUT2D eigenvalue weighted by Crippen LogP contribution is 2.24. The van der Waals surface area contributed by atoms with Gasteiger partial charge in [-0.15, -0.1) is 0 Å². The smallest absolute Gasteiger partial charge is 0.153 e. The highest BCUT2D eigenvalue weighted by atomic mass is 19.1. The van der Waals surface area contributed by atoms with Crippen LogP contribution >= 0.6 is 0 Å². The van der Waals surface area contributed by atoms with Gasteiger partial charge in [0.1, 0.15) is 11.5 Å². The Labute approximate surface area is 104 Å². The summed E-state index contributed by atoms with van der Waals surface area (Å²) >= 11 is 0. The average molecular weight is 247 g/mol. The molecule has 2 aromatic heterocycles. The Balaban J connectivity index is 2.57. The minimum atomic E-state index is -0.449. The van der Waals surface area contributed by atoms with Gasteiger partial charge in [-0.2, -0.15) is 5.10 Å². The van der Waals surface area contributed by atoms with Gasteiger partial charge in [0, 0.05) is 18.0 Å². The van der Waals surface area contributed by atoms with Crippen LogP contribution in [0.15, 0.2) is 24.7 Å². The Morgan fingerprint density at radius 1 is 1.33 bits per heavy atom. The van der Waals surface area contributed by atoms with Crippen molar-refractivity contribution in [3.8, 4) is 11.3 Å². The summed E-state index contributed by atoms with van der Waals surface area (Å²) in [6.45, 7) is 5.92. The summed E-state index contributed by atoms with van der Waals surface area (Å²) in [5, 5.41) is 4.34. The van der Waals surface area contributed by atoms with E-state index in [1.54, 1.807) is 10.9 Å². The first-order chi connectivity index (χ1) is 8.41. The SMILES string of the molecule is CC(C)(C)n1cc(C=O)c(-c2cncc(F)c2)n1. The lowest BCUT2D eigenvalue weighted by Crippen LogP contribution is -2.22. The zero-order valence-corrected chi connectivity index (χ0v) is 10.5. The van der Waals surface area contributed by atoms with Crippen LogP contribution in [0.25, 0.3) is 11.3 Å². The number of carbonyl (C=O) groups is 1. The van der Waals surface area contributed by atoms with Crippen LogP contribution in [0.5, 0.6) is 0 Å². The zero-order chi connectivity index (χ0) is 13.3. The van der Waals surface area contributed by atoms with Crippen LogP contribution in [0.3, 0.4) is 0 Å². The molecule has 0 saturated heterocycles. The molecule has 18 heavy (non-hydrogen) atoms. The quantitative estimate of drug-likeness (QED) is 0.766. The molecular formula is C13H14FN3O. The summed E-state index contributed by atoms with van der Waals surface area (Å²) < 4.78 is 14.8. The van der Waals surface area contributed by atoms with Gasteiger partial charge in [0.15, 0.2) is 6.29 Å². The molecule has 0 unspecified atom stereocenters. The molecule has 0 atom stereocenters. The van der Waals surface area contributed by atoms with Crippen LogP contribution in [-0.2, 0) is 5.54 Å². The third-order valence-electron chi connectivity index (χ3n) is 2.54. The topological polar surface area (TPSA) is 47.8 Å². The number of rotatable bonds is 2. The third kappa shape index (κ3) is 2.30. The molecule has 0 saturated carbocycles. The van der Waals surface area contributed by atoms with Crippen LogP contribution in [0.1, 0.15) is 31.1 Å². The lowest BCUT2D eigenvalue weighted by molar-refractivity contribution is 0.112. The molecule has 0 spiro atoms. The largest absolute Gasteiger partial charge is 0.298 e. The first-order valence-corrected chi connectivity index (χ1v) is 5.58. The second-order valence-electron chi connectivity index (χ2n) is 5.06. The van der Waals surface area contributed by atoms with E-state index >= 15 is 0 Å². The molecule has 2 rings (SSSR count). The van der Waals surface area contributed by atoms with Crippen LogP contribution in [0, 0.1) is 5.82 Å². The molecule has 0 bridgehead atoms. The molecule has 0 aliphatic rings. The molecule has 94 valence electrons. The number of pyridine rings is 1. The number of nitrogens with zero attached hydrogens (tertiary/aromatic N) is 3. The molecule has 0 aliphatic heterocycles. The van der Waals surface area contributed by atoms with E-state index in [0.717, 1.165) is 12.5 Å². The lowest BCUT2D eigenvalue weighted by atomic mass is 10.1. The summed E-state index contributed by atoms with van der Waals surface area (Å²) in [6.07, 6.45) is 4.99. The fourth-order valence-corrected chi connectivity index (χ4v) is 1.58. The standard InChI is InChI=1S/C13H14FN3O/c1-13(2,3)17-7-10(8-18)12(16-17)9-4-11(14)6-15-5-9/h4-8H,1-3H3. The van der Waals surface area contributed by atoms with Crippen molar-refractivity contribution in [3.05, 3.63) is 36.0 Å². The average Bonchev–Trinajstić information content (AvgIpc) is 2.72. The van der Waals surface area contributed by atoms with Gasteiger partial charge in [0.05, 0.1) is 17.3 Å². The van der Waals surface area contributed by atoms with Gasteiger partial charge in [-0.1, -0.05) is 0 Å². The number of carbonyl (C=O) groups excluding carboxylic acids is 1. The number of hydrogen-bond donors (Lipinski definition) is 0. The minimum Gasteiger partial charge on any atom is -0.298 e. The molecule has 0 N–H and O–H groups in total. The Morgan fingerprint density at radius 2 is 2.06 bits per heavy atom. The van der Waals surface area contributed by atoms with Crippen molar-refractivity contribution in [2.24, 2.45) is 0 Å². The molecule has 5 heteroatoms.